The summed E-state index contributed by atoms with van der Waals surface area (Å²) in [5.74, 6) is 1.84. The van der Waals surface area contributed by atoms with E-state index >= 15 is 0 Å². The van der Waals surface area contributed by atoms with Crippen LogP contribution in [0.25, 0.3) is 0 Å². The Morgan fingerprint density at radius 1 is 1.50 bits per heavy atom. The summed E-state index contributed by atoms with van der Waals surface area (Å²) in [6, 6.07) is 6.39. The third-order valence-corrected chi connectivity index (χ3v) is 3.42. The Hall–Kier alpha value is -0.380. The van der Waals surface area contributed by atoms with Crippen LogP contribution in [0.15, 0.2) is 18.2 Å². The third-order valence-electron chi connectivity index (χ3n) is 2.29. The van der Waals surface area contributed by atoms with E-state index in [-0.39, 0.29) is 0 Å². The van der Waals surface area contributed by atoms with Crippen molar-refractivity contribution in [3.8, 4) is 5.75 Å². The number of hydrogen-bond acceptors (Lipinski definition) is 3. The molecular formula is C12H18ClNOS. The van der Waals surface area contributed by atoms with Crippen LogP contribution in [-0.2, 0) is 6.54 Å². The van der Waals surface area contributed by atoms with Gasteiger partial charge in [0.25, 0.3) is 0 Å². The summed E-state index contributed by atoms with van der Waals surface area (Å²) in [5, 5.41) is 4.11. The van der Waals surface area contributed by atoms with Crippen molar-refractivity contribution in [2.75, 3.05) is 19.1 Å². The molecule has 0 amide bonds. The van der Waals surface area contributed by atoms with E-state index in [1.807, 2.05) is 30.0 Å². The first kappa shape index (κ1) is 13.7. The van der Waals surface area contributed by atoms with Gasteiger partial charge in [0.1, 0.15) is 5.75 Å². The number of ether oxygens (including phenoxy) is 1. The van der Waals surface area contributed by atoms with E-state index in [4.69, 9.17) is 16.3 Å². The molecule has 0 radical (unpaired) electrons. The molecule has 0 aromatic heterocycles. The van der Waals surface area contributed by atoms with Crippen LogP contribution in [0.4, 0.5) is 0 Å². The Bertz CT molecular complexity index is 333. The van der Waals surface area contributed by atoms with Gasteiger partial charge in [-0.15, -0.1) is 0 Å². The lowest BCUT2D eigenvalue weighted by Crippen LogP contribution is -2.27. The topological polar surface area (TPSA) is 21.3 Å². The molecule has 0 saturated heterocycles. The minimum Gasteiger partial charge on any atom is -0.495 e. The van der Waals surface area contributed by atoms with Crippen molar-refractivity contribution in [2.45, 2.75) is 19.5 Å². The van der Waals surface area contributed by atoms with Crippen molar-refractivity contribution in [1.29, 1.82) is 0 Å². The Morgan fingerprint density at radius 3 is 2.81 bits per heavy atom. The molecule has 0 aliphatic heterocycles. The lowest BCUT2D eigenvalue weighted by Gasteiger charge is -2.13. The molecular weight excluding hydrogens is 242 g/mol. The van der Waals surface area contributed by atoms with Crippen molar-refractivity contribution >= 4 is 23.4 Å². The van der Waals surface area contributed by atoms with E-state index in [1.54, 1.807) is 7.11 Å². The number of nitrogens with one attached hydrogen (secondary N) is 1. The van der Waals surface area contributed by atoms with Crippen LogP contribution in [-0.4, -0.2) is 25.2 Å². The fourth-order valence-corrected chi connectivity index (χ4v) is 2.32. The van der Waals surface area contributed by atoms with Gasteiger partial charge in [0.05, 0.1) is 12.1 Å². The Kier molecular flexibility index (Phi) is 6.03. The van der Waals surface area contributed by atoms with Gasteiger partial charge in [0, 0.05) is 18.3 Å². The molecule has 0 bridgehead atoms. The molecule has 0 heterocycles. The molecule has 16 heavy (non-hydrogen) atoms. The number of benzene rings is 1. The number of thioether (sulfide) groups is 1. The van der Waals surface area contributed by atoms with Gasteiger partial charge in [-0.1, -0.05) is 17.7 Å². The van der Waals surface area contributed by atoms with E-state index in [0.717, 1.165) is 18.0 Å². The lowest BCUT2D eigenvalue weighted by atomic mass is 10.2. The SMILES string of the molecule is COc1ccc(CNC(C)CSC)cc1Cl. The smallest absolute Gasteiger partial charge is 0.137 e. The maximum absolute atomic E-state index is 6.05. The van der Waals surface area contributed by atoms with Crippen LogP contribution >= 0.6 is 23.4 Å². The van der Waals surface area contributed by atoms with E-state index in [1.165, 1.54) is 5.56 Å². The summed E-state index contributed by atoms with van der Waals surface area (Å²) >= 11 is 7.89. The van der Waals surface area contributed by atoms with Gasteiger partial charge in [-0.05, 0) is 30.9 Å². The maximum atomic E-state index is 6.05. The van der Waals surface area contributed by atoms with Crippen LogP contribution < -0.4 is 10.1 Å². The normalized spacial score (nSPS) is 12.5. The zero-order valence-corrected chi connectivity index (χ0v) is 11.5. The molecule has 1 unspecified atom stereocenters. The van der Waals surface area contributed by atoms with Crippen molar-refractivity contribution in [2.24, 2.45) is 0 Å². The highest BCUT2D eigenvalue weighted by molar-refractivity contribution is 7.98. The average molecular weight is 260 g/mol. The molecule has 4 heteroatoms. The van der Waals surface area contributed by atoms with E-state index < -0.39 is 0 Å². The number of methoxy groups -OCH3 is 1. The number of hydrogen-bond donors (Lipinski definition) is 1. The van der Waals surface area contributed by atoms with E-state index in [2.05, 4.69) is 18.5 Å². The predicted molar refractivity (Wildman–Crippen MR) is 72.7 cm³/mol. The Balaban J connectivity index is 2.51. The number of halogens is 1. The van der Waals surface area contributed by atoms with E-state index in [0.29, 0.717) is 11.1 Å². The number of rotatable bonds is 6. The van der Waals surface area contributed by atoms with Crippen molar-refractivity contribution in [1.82, 2.24) is 5.32 Å². The largest absolute Gasteiger partial charge is 0.495 e. The van der Waals surface area contributed by atoms with Gasteiger partial charge >= 0.3 is 0 Å². The molecule has 1 atom stereocenters. The molecule has 0 spiro atoms. The summed E-state index contributed by atoms with van der Waals surface area (Å²) in [5.41, 5.74) is 1.18. The molecule has 0 aliphatic carbocycles. The Labute approximate surface area is 107 Å². The predicted octanol–water partition coefficient (Wildman–Crippen LogP) is 3.19. The van der Waals surface area contributed by atoms with Crippen LogP contribution in [0, 0.1) is 0 Å². The summed E-state index contributed by atoms with van der Waals surface area (Å²) in [7, 11) is 1.62. The first-order valence-corrected chi connectivity index (χ1v) is 6.99. The van der Waals surface area contributed by atoms with Gasteiger partial charge < -0.3 is 10.1 Å². The monoisotopic (exact) mass is 259 g/mol. The second-order valence-electron chi connectivity index (χ2n) is 3.71. The van der Waals surface area contributed by atoms with E-state index in [9.17, 15) is 0 Å². The summed E-state index contributed by atoms with van der Waals surface area (Å²) in [6.45, 7) is 3.02. The molecule has 1 aromatic rings. The zero-order valence-electron chi connectivity index (χ0n) is 9.92. The van der Waals surface area contributed by atoms with Crippen molar-refractivity contribution < 1.29 is 4.74 Å². The van der Waals surface area contributed by atoms with Gasteiger partial charge in [-0.2, -0.15) is 11.8 Å². The van der Waals surface area contributed by atoms with Gasteiger partial charge in [0.15, 0.2) is 0 Å². The Morgan fingerprint density at radius 2 is 2.25 bits per heavy atom. The first-order valence-electron chi connectivity index (χ1n) is 5.22. The van der Waals surface area contributed by atoms with Crippen LogP contribution in [0.1, 0.15) is 12.5 Å². The molecule has 1 N–H and O–H groups in total. The fraction of sp³-hybridized carbons (Fsp3) is 0.500. The minimum absolute atomic E-state index is 0.510. The van der Waals surface area contributed by atoms with Crippen LogP contribution in [0.5, 0.6) is 5.75 Å². The zero-order chi connectivity index (χ0) is 12.0. The van der Waals surface area contributed by atoms with Gasteiger partial charge in [0.2, 0.25) is 0 Å². The third kappa shape index (κ3) is 4.24. The first-order chi connectivity index (χ1) is 7.67. The fourth-order valence-electron chi connectivity index (χ4n) is 1.42. The van der Waals surface area contributed by atoms with Crippen molar-refractivity contribution in [3.05, 3.63) is 28.8 Å². The van der Waals surface area contributed by atoms with Gasteiger partial charge in [-0.3, -0.25) is 0 Å². The summed E-state index contributed by atoms with van der Waals surface area (Å²) < 4.78 is 5.11. The second kappa shape index (κ2) is 7.05. The molecule has 0 saturated carbocycles. The second-order valence-corrected chi connectivity index (χ2v) is 5.02. The molecule has 2 nitrogen and oxygen atoms in total. The van der Waals surface area contributed by atoms with Gasteiger partial charge in [-0.25, -0.2) is 0 Å². The molecule has 1 aromatic carbocycles. The summed E-state index contributed by atoms with van der Waals surface area (Å²) in [4.78, 5) is 0. The highest BCUT2D eigenvalue weighted by Crippen LogP contribution is 2.24. The summed E-state index contributed by atoms with van der Waals surface area (Å²) in [6.07, 6.45) is 2.11. The quantitative estimate of drug-likeness (QED) is 0.848. The average Bonchev–Trinajstić information content (AvgIpc) is 2.27. The molecule has 90 valence electrons. The standard InChI is InChI=1S/C12H18ClNOS/c1-9(8-16-3)14-7-10-4-5-12(15-2)11(13)6-10/h4-6,9,14H,7-8H2,1-3H3. The maximum Gasteiger partial charge on any atom is 0.137 e. The van der Waals surface area contributed by atoms with Crippen LogP contribution in [0.3, 0.4) is 0 Å². The van der Waals surface area contributed by atoms with Crippen LogP contribution in [0.2, 0.25) is 5.02 Å². The highest BCUT2D eigenvalue weighted by atomic mass is 35.5. The minimum atomic E-state index is 0.510. The highest BCUT2D eigenvalue weighted by Gasteiger charge is 2.03. The lowest BCUT2D eigenvalue weighted by molar-refractivity contribution is 0.415. The molecule has 1 rings (SSSR count). The van der Waals surface area contributed by atoms with Crippen molar-refractivity contribution in [3.63, 3.8) is 0 Å². The molecule has 0 fully saturated rings. The molecule has 0 aliphatic rings.